The van der Waals surface area contributed by atoms with Crippen molar-refractivity contribution in [3.05, 3.63) is 0 Å². The van der Waals surface area contributed by atoms with E-state index in [-0.39, 0.29) is 0 Å². The van der Waals surface area contributed by atoms with Crippen LogP contribution < -0.4 is 0 Å². The Morgan fingerprint density at radius 2 is 1.30 bits per heavy atom. The molecule has 2 aliphatic rings. The van der Waals surface area contributed by atoms with Gasteiger partial charge in [-0.2, -0.15) is 0 Å². The van der Waals surface area contributed by atoms with E-state index >= 15 is 0 Å². The summed E-state index contributed by atoms with van der Waals surface area (Å²) in [5.74, 6) is 7.02. The van der Waals surface area contributed by atoms with Gasteiger partial charge in [0, 0.05) is 0 Å². The van der Waals surface area contributed by atoms with Gasteiger partial charge in [-0.15, -0.1) is 0 Å². The Morgan fingerprint density at radius 3 is 1.78 bits per heavy atom. The van der Waals surface area contributed by atoms with Crippen molar-refractivity contribution in [3.63, 3.8) is 0 Å². The van der Waals surface area contributed by atoms with Gasteiger partial charge in [0.25, 0.3) is 0 Å². The summed E-state index contributed by atoms with van der Waals surface area (Å²) < 4.78 is 0. The molecule has 0 amide bonds. The molecule has 2 atom stereocenters. The second-order valence-electron chi connectivity index (χ2n) is 9.70. The molecule has 2 unspecified atom stereocenters. The van der Waals surface area contributed by atoms with E-state index in [0.717, 1.165) is 41.4 Å². The second-order valence-corrected chi connectivity index (χ2v) is 9.70. The topological polar surface area (TPSA) is 0 Å². The molecule has 136 valence electrons. The predicted molar refractivity (Wildman–Crippen MR) is 104 cm³/mol. The lowest BCUT2D eigenvalue weighted by molar-refractivity contribution is 0.113. The minimum atomic E-state index is 0.856. The maximum Gasteiger partial charge on any atom is -0.0383 e. The van der Waals surface area contributed by atoms with Gasteiger partial charge < -0.3 is 0 Å². The number of rotatable bonds is 7. The SMILES string of the molecule is CCCC(CC(C)C(C)C)C1CCC(C2CCC(C)CC2)CC1. The molecule has 0 N–H and O–H groups in total. The highest BCUT2D eigenvalue weighted by Crippen LogP contribution is 2.44. The summed E-state index contributed by atoms with van der Waals surface area (Å²) in [4.78, 5) is 0. The standard InChI is InChI=1S/C23H44/c1-6-7-23(16-19(5)17(2)3)22-14-12-21(13-15-22)20-10-8-18(4)9-11-20/h17-23H,6-16H2,1-5H3. The minimum absolute atomic E-state index is 0.856. The summed E-state index contributed by atoms with van der Waals surface area (Å²) >= 11 is 0. The highest BCUT2D eigenvalue weighted by molar-refractivity contribution is 4.84. The number of hydrogen-bond acceptors (Lipinski definition) is 0. The van der Waals surface area contributed by atoms with Crippen molar-refractivity contribution in [1.29, 1.82) is 0 Å². The molecular weight excluding hydrogens is 276 g/mol. The normalized spacial score (nSPS) is 35.2. The van der Waals surface area contributed by atoms with Crippen LogP contribution in [0.3, 0.4) is 0 Å². The maximum atomic E-state index is 2.49. The zero-order chi connectivity index (χ0) is 16.8. The van der Waals surface area contributed by atoms with Gasteiger partial charge in [0.1, 0.15) is 0 Å². The highest BCUT2D eigenvalue weighted by atomic mass is 14.4. The Morgan fingerprint density at radius 1 is 0.783 bits per heavy atom. The van der Waals surface area contributed by atoms with E-state index < -0.39 is 0 Å². The minimum Gasteiger partial charge on any atom is -0.0654 e. The molecule has 23 heavy (non-hydrogen) atoms. The molecule has 0 heterocycles. The Hall–Kier alpha value is 0. The first kappa shape index (κ1) is 19.3. The fraction of sp³-hybridized carbons (Fsp3) is 1.00. The largest absolute Gasteiger partial charge is 0.0654 e. The monoisotopic (exact) mass is 320 g/mol. The summed E-state index contributed by atoms with van der Waals surface area (Å²) in [6.07, 6.45) is 16.7. The van der Waals surface area contributed by atoms with E-state index in [4.69, 9.17) is 0 Å². The van der Waals surface area contributed by atoms with Crippen LogP contribution in [0, 0.1) is 41.4 Å². The Kier molecular flexibility index (Phi) is 7.96. The molecule has 2 rings (SSSR count). The summed E-state index contributed by atoms with van der Waals surface area (Å²) in [5.41, 5.74) is 0. The Bertz CT molecular complexity index is 302. The van der Waals surface area contributed by atoms with Crippen molar-refractivity contribution in [1.82, 2.24) is 0 Å². The van der Waals surface area contributed by atoms with E-state index in [1.807, 2.05) is 0 Å². The summed E-state index contributed by atoms with van der Waals surface area (Å²) in [5, 5.41) is 0. The third kappa shape index (κ3) is 5.79. The molecule has 0 nitrogen and oxygen atoms in total. The van der Waals surface area contributed by atoms with Crippen molar-refractivity contribution in [3.8, 4) is 0 Å². The van der Waals surface area contributed by atoms with Gasteiger partial charge >= 0.3 is 0 Å². The van der Waals surface area contributed by atoms with Crippen LogP contribution in [0.2, 0.25) is 0 Å². The van der Waals surface area contributed by atoms with Gasteiger partial charge in [-0.05, 0) is 86.4 Å². The molecule has 0 heteroatoms. The lowest BCUT2D eigenvalue weighted by Gasteiger charge is -2.40. The second kappa shape index (κ2) is 9.47. The maximum absolute atomic E-state index is 2.49. The van der Waals surface area contributed by atoms with Gasteiger partial charge in [-0.3, -0.25) is 0 Å². The molecule has 2 fully saturated rings. The van der Waals surface area contributed by atoms with E-state index in [2.05, 4.69) is 34.6 Å². The molecule has 0 aromatic rings. The van der Waals surface area contributed by atoms with Crippen molar-refractivity contribution >= 4 is 0 Å². The van der Waals surface area contributed by atoms with Gasteiger partial charge in [0.05, 0.1) is 0 Å². The third-order valence-electron chi connectivity index (χ3n) is 7.68. The Balaban J connectivity index is 1.80. The smallest absolute Gasteiger partial charge is 0.0383 e. The molecule has 0 saturated heterocycles. The van der Waals surface area contributed by atoms with E-state index in [1.54, 1.807) is 38.5 Å². The van der Waals surface area contributed by atoms with E-state index in [9.17, 15) is 0 Å². The van der Waals surface area contributed by atoms with Crippen LogP contribution in [0.5, 0.6) is 0 Å². The fourth-order valence-electron chi connectivity index (χ4n) is 5.51. The highest BCUT2D eigenvalue weighted by Gasteiger charge is 2.33. The molecule has 0 spiro atoms. The van der Waals surface area contributed by atoms with E-state index in [1.165, 1.54) is 32.1 Å². The van der Waals surface area contributed by atoms with E-state index in [0.29, 0.717) is 0 Å². The van der Waals surface area contributed by atoms with Crippen LogP contribution in [-0.2, 0) is 0 Å². The first-order valence-corrected chi connectivity index (χ1v) is 11.0. The predicted octanol–water partition coefficient (Wildman–Crippen LogP) is 7.72. The van der Waals surface area contributed by atoms with Crippen LogP contribution in [0.25, 0.3) is 0 Å². The molecule has 0 aromatic carbocycles. The Labute approximate surface area is 147 Å². The van der Waals surface area contributed by atoms with Crippen molar-refractivity contribution in [2.24, 2.45) is 41.4 Å². The molecule has 0 bridgehead atoms. The van der Waals surface area contributed by atoms with Gasteiger partial charge in [0.2, 0.25) is 0 Å². The van der Waals surface area contributed by atoms with Crippen LogP contribution >= 0.6 is 0 Å². The lowest BCUT2D eigenvalue weighted by atomic mass is 9.66. The number of hydrogen-bond donors (Lipinski definition) is 0. The van der Waals surface area contributed by atoms with Crippen LogP contribution in [0.15, 0.2) is 0 Å². The van der Waals surface area contributed by atoms with Crippen LogP contribution in [0.4, 0.5) is 0 Å². The first-order chi connectivity index (χ1) is 11.0. The molecule has 2 saturated carbocycles. The molecule has 2 aliphatic carbocycles. The average Bonchev–Trinajstić information content (AvgIpc) is 2.55. The molecule has 0 radical (unpaired) electrons. The van der Waals surface area contributed by atoms with Crippen molar-refractivity contribution in [2.45, 2.75) is 105 Å². The van der Waals surface area contributed by atoms with Crippen molar-refractivity contribution in [2.75, 3.05) is 0 Å². The quantitative estimate of drug-likeness (QED) is 0.450. The van der Waals surface area contributed by atoms with Crippen molar-refractivity contribution < 1.29 is 0 Å². The first-order valence-electron chi connectivity index (χ1n) is 11.0. The molecular formula is C23H44. The average molecular weight is 321 g/mol. The zero-order valence-electron chi connectivity index (χ0n) is 16.8. The van der Waals surface area contributed by atoms with Crippen LogP contribution in [-0.4, -0.2) is 0 Å². The molecule has 0 aliphatic heterocycles. The fourth-order valence-corrected chi connectivity index (χ4v) is 5.51. The third-order valence-corrected chi connectivity index (χ3v) is 7.68. The summed E-state index contributed by atoms with van der Waals surface area (Å²) in [6, 6.07) is 0. The zero-order valence-corrected chi connectivity index (χ0v) is 16.8. The van der Waals surface area contributed by atoms with Crippen LogP contribution in [0.1, 0.15) is 105 Å². The molecule has 0 aromatic heterocycles. The summed E-state index contributed by atoms with van der Waals surface area (Å²) in [7, 11) is 0. The van der Waals surface area contributed by atoms with Gasteiger partial charge in [0.15, 0.2) is 0 Å². The van der Waals surface area contributed by atoms with Gasteiger partial charge in [-0.25, -0.2) is 0 Å². The van der Waals surface area contributed by atoms with Gasteiger partial charge in [-0.1, -0.05) is 60.3 Å². The lowest BCUT2D eigenvalue weighted by Crippen LogP contribution is -2.29. The summed E-state index contributed by atoms with van der Waals surface area (Å²) in [6.45, 7) is 12.2.